The molecule has 1 aromatic heterocycles. The Balaban J connectivity index is 1.25. The molecule has 0 unspecified atom stereocenters. The van der Waals surface area contributed by atoms with Crippen LogP contribution in [-0.4, -0.2) is 23.5 Å². The number of carbonyl (C=O) groups excluding carboxylic acids is 1. The maximum absolute atomic E-state index is 12.4. The van der Waals surface area contributed by atoms with E-state index >= 15 is 0 Å². The van der Waals surface area contributed by atoms with Crippen molar-refractivity contribution >= 4 is 34.3 Å². The van der Waals surface area contributed by atoms with Crippen LogP contribution in [0.4, 0.5) is 11.4 Å². The quantitative estimate of drug-likeness (QED) is 0.584. The van der Waals surface area contributed by atoms with Crippen LogP contribution in [0.25, 0.3) is 17.0 Å². The molecule has 1 fully saturated rings. The SMILES string of the molecule is O=C(C=Cc1ccc2c(c1)CCN2C1CCCCC1)Nc1cnc2ccccc2c1. The van der Waals surface area contributed by atoms with Crippen LogP contribution in [0.3, 0.4) is 0 Å². The molecule has 3 aromatic rings. The van der Waals surface area contributed by atoms with Crippen molar-refractivity contribution in [3.63, 3.8) is 0 Å². The van der Waals surface area contributed by atoms with Crippen molar-refractivity contribution in [1.82, 2.24) is 4.98 Å². The van der Waals surface area contributed by atoms with Gasteiger partial charge in [0.15, 0.2) is 0 Å². The molecule has 0 saturated heterocycles. The Labute approximate surface area is 177 Å². The lowest BCUT2D eigenvalue weighted by molar-refractivity contribution is -0.111. The fourth-order valence-corrected chi connectivity index (χ4v) is 4.82. The van der Waals surface area contributed by atoms with E-state index in [-0.39, 0.29) is 5.91 Å². The molecule has 1 saturated carbocycles. The van der Waals surface area contributed by atoms with Gasteiger partial charge in [-0.15, -0.1) is 0 Å². The van der Waals surface area contributed by atoms with E-state index in [1.165, 1.54) is 43.4 Å². The van der Waals surface area contributed by atoms with Gasteiger partial charge in [-0.2, -0.15) is 0 Å². The summed E-state index contributed by atoms with van der Waals surface area (Å²) < 4.78 is 0. The van der Waals surface area contributed by atoms with E-state index in [4.69, 9.17) is 0 Å². The van der Waals surface area contributed by atoms with Gasteiger partial charge in [0, 0.05) is 29.7 Å². The average Bonchev–Trinajstić information content (AvgIpc) is 3.21. The van der Waals surface area contributed by atoms with Gasteiger partial charge in [-0.05, 0) is 60.7 Å². The van der Waals surface area contributed by atoms with E-state index in [0.717, 1.165) is 29.4 Å². The number of fused-ring (bicyclic) bond motifs is 2. The predicted octanol–water partition coefficient (Wildman–Crippen LogP) is 5.58. The second-order valence-electron chi connectivity index (χ2n) is 8.36. The summed E-state index contributed by atoms with van der Waals surface area (Å²) in [5.74, 6) is -0.142. The average molecular weight is 398 g/mol. The third-order valence-corrected chi connectivity index (χ3v) is 6.34. The Kier molecular flexibility index (Phi) is 5.22. The lowest BCUT2D eigenvalue weighted by atomic mass is 9.94. The smallest absolute Gasteiger partial charge is 0.248 e. The summed E-state index contributed by atoms with van der Waals surface area (Å²) in [7, 11) is 0. The van der Waals surface area contributed by atoms with E-state index in [1.807, 2.05) is 36.4 Å². The molecule has 0 atom stereocenters. The summed E-state index contributed by atoms with van der Waals surface area (Å²) >= 11 is 0. The number of carbonyl (C=O) groups is 1. The van der Waals surface area contributed by atoms with Crippen molar-refractivity contribution in [3.8, 4) is 0 Å². The number of pyridine rings is 1. The zero-order valence-electron chi connectivity index (χ0n) is 17.2. The topological polar surface area (TPSA) is 45.2 Å². The lowest BCUT2D eigenvalue weighted by Crippen LogP contribution is -2.35. The fourth-order valence-electron chi connectivity index (χ4n) is 4.82. The van der Waals surface area contributed by atoms with Crippen molar-refractivity contribution in [3.05, 3.63) is 71.9 Å². The number of para-hydroxylation sites is 1. The molecule has 2 aliphatic rings. The molecule has 1 amide bonds. The molecule has 5 rings (SSSR count). The Bertz CT molecular complexity index is 1100. The van der Waals surface area contributed by atoms with Crippen LogP contribution in [0.15, 0.2) is 60.8 Å². The van der Waals surface area contributed by atoms with Crippen LogP contribution in [0.2, 0.25) is 0 Å². The highest BCUT2D eigenvalue weighted by Gasteiger charge is 2.27. The third kappa shape index (κ3) is 3.95. The van der Waals surface area contributed by atoms with Crippen LogP contribution in [0.5, 0.6) is 0 Å². The van der Waals surface area contributed by atoms with Crippen LogP contribution >= 0.6 is 0 Å². The highest BCUT2D eigenvalue weighted by molar-refractivity contribution is 6.02. The van der Waals surface area contributed by atoms with Gasteiger partial charge in [-0.25, -0.2) is 0 Å². The number of anilines is 2. The Morgan fingerprint density at radius 3 is 2.83 bits per heavy atom. The number of aromatic nitrogens is 1. The summed E-state index contributed by atoms with van der Waals surface area (Å²) in [4.78, 5) is 19.4. The minimum atomic E-state index is -0.142. The molecular weight excluding hydrogens is 370 g/mol. The number of hydrogen-bond acceptors (Lipinski definition) is 3. The van der Waals surface area contributed by atoms with Gasteiger partial charge in [0.1, 0.15) is 0 Å². The second kappa shape index (κ2) is 8.31. The first-order valence-corrected chi connectivity index (χ1v) is 11.0. The van der Waals surface area contributed by atoms with Gasteiger partial charge in [-0.1, -0.05) is 43.5 Å². The number of benzene rings is 2. The molecule has 30 heavy (non-hydrogen) atoms. The minimum Gasteiger partial charge on any atom is -0.368 e. The van der Waals surface area contributed by atoms with Crippen molar-refractivity contribution in [1.29, 1.82) is 0 Å². The Hall–Kier alpha value is -3.14. The standard InChI is InChI=1S/C26H27N3O/c30-26(28-22-17-20-6-4-5-9-24(20)27-18-22)13-11-19-10-12-25-21(16-19)14-15-29(25)23-7-2-1-3-8-23/h4-6,9-13,16-18,23H,1-3,7-8,14-15H2,(H,28,30). The first kappa shape index (κ1) is 18.9. The lowest BCUT2D eigenvalue weighted by Gasteiger charge is -2.33. The zero-order valence-corrected chi connectivity index (χ0v) is 17.2. The molecule has 0 bridgehead atoms. The van der Waals surface area contributed by atoms with E-state index < -0.39 is 0 Å². The zero-order chi connectivity index (χ0) is 20.3. The second-order valence-corrected chi connectivity index (χ2v) is 8.36. The van der Waals surface area contributed by atoms with E-state index in [2.05, 4.69) is 33.4 Å². The molecule has 4 heteroatoms. The first-order chi connectivity index (χ1) is 14.8. The maximum atomic E-state index is 12.4. The van der Waals surface area contributed by atoms with E-state index in [0.29, 0.717) is 11.7 Å². The van der Waals surface area contributed by atoms with Crippen molar-refractivity contribution < 1.29 is 4.79 Å². The van der Waals surface area contributed by atoms with Gasteiger partial charge in [0.25, 0.3) is 0 Å². The minimum absolute atomic E-state index is 0.142. The molecular formula is C26H27N3O. The van der Waals surface area contributed by atoms with E-state index in [9.17, 15) is 4.79 Å². The van der Waals surface area contributed by atoms with Gasteiger partial charge in [0.2, 0.25) is 5.91 Å². The normalized spacial score (nSPS) is 16.9. The van der Waals surface area contributed by atoms with Crippen molar-refractivity contribution in [2.75, 3.05) is 16.8 Å². The van der Waals surface area contributed by atoms with Gasteiger partial charge >= 0.3 is 0 Å². The molecule has 2 aromatic carbocycles. The van der Waals surface area contributed by atoms with Gasteiger partial charge in [-0.3, -0.25) is 9.78 Å². The number of amides is 1. The number of nitrogens with one attached hydrogen (secondary N) is 1. The maximum Gasteiger partial charge on any atom is 0.248 e. The summed E-state index contributed by atoms with van der Waals surface area (Å²) in [6, 6.07) is 17.1. The molecule has 1 N–H and O–H groups in total. The Morgan fingerprint density at radius 2 is 1.93 bits per heavy atom. The van der Waals surface area contributed by atoms with E-state index in [1.54, 1.807) is 12.3 Å². The number of hydrogen-bond donors (Lipinski definition) is 1. The first-order valence-electron chi connectivity index (χ1n) is 11.0. The van der Waals surface area contributed by atoms with Gasteiger partial charge in [0.05, 0.1) is 17.4 Å². The number of nitrogens with zero attached hydrogens (tertiary/aromatic N) is 2. The molecule has 152 valence electrons. The monoisotopic (exact) mass is 397 g/mol. The molecule has 1 aliphatic heterocycles. The van der Waals surface area contributed by atoms with Gasteiger partial charge < -0.3 is 10.2 Å². The number of rotatable bonds is 4. The molecule has 2 heterocycles. The molecule has 0 spiro atoms. The van der Waals surface area contributed by atoms with Crippen LogP contribution in [0, 0.1) is 0 Å². The summed E-state index contributed by atoms with van der Waals surface area (Å²) in [5, 5.41) is 3.92. The molecule has 0 radical (unpaired) electrons. The molecule has 1 aliphatic carbocycles. The Morgan fingerprint density at radius 1 is 1.07 bits per heavy atom. The van der Waals surface area contributed by atoms with Crippen LogP contribution in [-0.2, 0) is 11.2 Å². The third-order valence-electron chi connectivity index (χ3n) is 6.34. The summed E-state index contributed by atoms with van der Waals surface area (Å²) in [6.45, 7) is 1.13. The highest BCUT2D eigenvalue weighted by atomic mass is 16.1. The highest BCUT2D eigenvalue weighted by Crippen LogP contribution is 2.35. The van der Waals surface area contributed by atoms with Crippen LogP contribution < -0.4 is 10.2 Å². The largest absolute Gasteiger partial charge is 0.368 e. The fraction of sp³-hybridized carbons (Fsp3) is 0.308. The molecule has 4 nitrogen and oxygen atoms in total. The van der Waals surface area contributed by atoms with Crippen molar-refractivity contribution in [2.45, 2.75) is 44.6 Å². The van der Waals surface area contributed by atoms with Crippen molar-refractivity contribution in [2.24, 2.45) is 0 Å². The van der Waals surface area contributed by atoms with Crippen LogP contribution in [0.1, 0.15) is 43.2 Å². The summed E-state index contributed by atoms with van der Waals surface area (Å²) in [6.07, 6.45) is 13.1. The summed E-state index contributed by atoms with van der Waals surface area (Å²) in [5.41, 5.74) is 5.51. The predicted molar refractivity (Wildman–Crippen MR) is 124 cm³/mol.